The summed E-state index contributed by atoms with van der Waals surface area (Å²) >= 11 is 3.30. The van der Waals surface area contributed by atoms with Crippen LogP contribution in [0.3, 0.4) is 0 Å². The fraction of sp³-hybridized carbons (Fsp3) is 0.800. The van der Waals surface area contributed by atoms with Crippen LogP contribution in [0.1, 0.15) is 32.1 Å². The lowest BCUT2D eigenvalue weighted by Crippen LogP contribution is -2.44. The van der Waals surface area contributed by atoms with Crippen molar-refractivity contribution in [2.45, 2.75) is 37.6 Å². The zero-order chi connectivity index (χ0) is 10.9. The van der Waals surface area contributed by atoms with Crippen LogP contribution in [0.25, 0.3) is 0 Å². The third-order valence-corrected chi connectivity index (χ3v) is 3.78. The summed E-state index contributed by atoms with van der Waals surface area (Å²) in [5.41, 5.74) is -0.538. The van der Waals surface area contributed by atoms with Gasteiger partial charge in [0, 0.05) is 11.9 Å². The van der Waals surface area contributed by atoms with Crippen molar-refractivity contribution < 1.29 is 9.59 Å². The molecular formula is C10H15BrN2O2. The Morgan fingerprint density at radius 3 is 2.60 bits per heavy atom. The van der Waals surface area contributed by atoms with E-state index in [0.29, 0.717) is 6.54 Å². The molecule has 1 heterocycles. The van der Waals surface area contributed by atoms with Gasteiger partial charge < -0.3 is 5.32 Å². The number of carbonyl (C=O) groups is 2. The third kappa shape index (κ3) is 1.77. The van der Waals surface area contributed by atoms with Crippen LogP contribution in [0.15, 0.2) is 0 Å². The van der Waals surface area contributed by atoms with Crippen LogP contribution >= 0.6 is 15.9 Å². The molecular weight excluding hydrogens is 260 g/mol. The number of alkyl halides is 1. The minimum absolute atomic E-state index is 0.00838. The highest BCUT2D eigenvalue weighted by atomic mass is 79.9. The first-order valence-corrected chi connectivity index (χ1v) is 6.52. The fourth-order valence-electron chi connectivity index (χ4n) is 2.41. The lowest BCUT2D eigenvalue weighted by Gasteiger charge is -2.19. The predicted octanol–water partition coefficient (Wildman–Crippen LogP) is 1.64. The summed E-state index contributed by atoms with van der Waals surface area (Å²) in [6.45, 7) is 0.525. The van der Waals surface area contributed by atoms with Gasteiger partial charge in [-0.25, -0.2) is 4.79 Å². The molecule has 3 amide bonds. The van der Waals surface area contributed by atoms with Crippen LogP contribution in [0.4, 0.5) is 4.79 Å². The number of halogens is 1. The van der Waals surface area contributed by atoms with Gasteiger partial charge in [0.2, 0.25) is 0 Å². The van der Waals surface area contributed by atoms with Gasteiger partial charge in [0.15, 0.2) is 0 Å². The molecule has 4 nitrogen and oxygen atoms in total. The van der Waals surface area contributed by atoms with Gasteiger partial charge in [0.1, 0.15) is 5.54 Å². The summed E-state index contributed by atoms with van der Waals surface area (Å²) < 4.78 is 0. The van der Waals surface area contributed by atoms with Gasteiger partial charge in [-0.3, -0.25) is 9.69 Å². The van der Waals surface area contributed by atoms with E-state index in [0.717, 1.165) is 37.4 Å². The highest BCUT2D eigenvalue weighted by molar-refractivity contribution is 9.09. The number of urea groups is 1. The number of imide groups is 1. The lowest BCUT2D eigenvalue weighted by atomic mass is 9.98. The van der Waals surface area contributed by atoms with Crippen LogP contribution in [-0.2, 0) is 4.79 Å². The summed E-state index contributed by atoms with van der Waals surface area (Å²) in [4.78, 5) is 25.1. The highest BCUT2D eigenvalue weighted by Crippen LogP contribution is 2.34. The molecule has 1 aliphatic heterocycles. The maximum absolute atomic E-state index is 12.1. The first-order chi connectivity index (χ1) is 7.19. The number of rotatable bonds is 3. The molecule has 1 N–H and O–H groups in total. The van der Waals surface area contributed by atoms with Gasteiger partial charge in [-0.05, 0) is 19.3 Å². The van der Waals surface area contributed by atoms with E-state index in [-0.39, 0.29) is 11.9 Å². The zero-order valence-electron chi connectivity index (χ0n) is 8.59. The van der Waals surface area contributed by atoms with Crippen molar-refractivity contribution in [3.05, 3.63) is 0 Å². The van der Waals surface area contributed by atoms with E-state index in [1.807, 2.05) is 0 Å². The van der Waals surface area contributed by atoms with Crippen LogP contribution in [0, 0.1) is 0 Å². The van der Waals surface area contributed by atoms with E-state index in [2.05, 4.69) is 21.2 Å². The van der Waals surface area contributed by atoms with Crippen molar-refractivity contribution in [3.63, 3.8) is 0 Å². The molecule has 1 aliphatic carbocycles. The second-order valence-electron chi connectivity index (χ2n) is 4.22. The molecule has 5 heteroatoms. The molecule has 2 rings (SSSR count). The molecule has 1 spiro atoms. The van der Waals surface area contributed by atoms with Crippen molar-refractivity contribution in [3.8, 4) is 0 Å². The number of nitrogens with zero attached hydrogens (tertiary/aromatic N) is 1. The van der Waals surface area contributed by atoms with Crippen LogP contribution in [-0.4, -0.2) is 34.3 Å². The molecule has 1 saturated carbocycles. The molecule has 0 bridgehead atoms. The maximum atomic E-state index is 12.1. The molecule has 0 unspecified atom stereocenters. The fourth-order valence-corrected chi connectivity index (χ4v) is 2.67. The van der Waals surface area contributed by atoms with Gasteiger partial charge in [-0.1, -0.05) is 28.8 Å². The molecule has 1 saturated heterocycles. The SMILES string of the molecule is O=C1NC2(CCCC2)C(=O)N1CCCBr. The zero-order valence-corrected chi connectivity index (χ0v) is 10.2. The number of hydrogen-bond donors (Lipinski definition) is 1. The minimum atomic E-state index is -0.538. The first kappa shape index (κ1) is 10.9. The largest absolute Gasteiger partial charge is 0.325 e. The molecule has 0 aromatic heterocycles. The minimum Gasteiger partial charge on any atom is -0.323 e. The van der Waals surface area contributed by atoms with E-state index in [9.17, 15) is 9.59 Å². The Balaban J connectivity index is 2.08. The Morgan fingerprint density at radius 1 is 1.33 bits per heavy atom. The van der Waals surface area contributed by atoms with E-state index in [4.69, 9.17) is 0 Å². The Morgan fingerprint density at radius 2 is 2.00 bits per heavy atom. The van der Waals surface area contributed by atoms with Crippen molar-refractivity contribution in [1.82, 2.24) is 10.2 Å². The maximum Gasteiger partial charge on any atom is 0.325 e. The summed E-state index contributed by atoms with van der Waals surface area (Å²) in [5, 5.41) is 3.68. The number of nitrogens with one attached hydrogen (secondary N) is 1. The van der Waals surface area contributed by atoms with Crippen molar-refractivity contribution in [1.29, 1.82) is 0 Å². The van der Waals surface area contributed by atoms with Crippen molar-refractivity contribution in [2.24, 2.45) is 0 Å². The van der Waals surface area contributed by atoms with Crippen LogP contribution in [0.5, 0.6) is 0 Å². The molecule has 0 aromatic carbocycles. The molecule has 15 heavy (non-hydrogen) atoms. The molecule has 0 radical (unpaired) electrons. The average molecular weight is 275 g/mol. The highest BCUT2D eigenvalue weighted by Gasteiger charge is 2.51. The smallest absolute Gasteiger partial charge is 0.323 e. The van der Waals surface area contributed by atoms with Crippen molar-refractivity contribution in [2.75, 3.05) is 11.9 Å². The van der Waals surface area contributed by atoms with E-state index < -0.39 is 5.54 Å². The predicted molar refractivity (Wildman–Crippen MR) is 59.9 cm³/mol. The van der Waals surface area contributed by atoms with Gasteiger partial charge in [0.05, 0.1) is 0 Å². The number of hydrogen-bond acceptors (Lipinski definition) is 2. The molecule has 2 fully saturated rings. The number of carbonyl (C=O) groups excluding carboxylic acids is 2. The second kappa shape index (κ2) is 4.12. The Labute approximate surface area is 97.5 Å². The topological polar surface area (TPSA) is 49.4 Å². The van der Waals surface area contributed by atoms with Gasteiger partial charge >= 0.3 is 6.03 Å². The van der Waals surface area contributed by atoms with Crippen LogP contribution < -0.4 is 5.32 Å². The Kier molecular flexibility index (Phi) is 3.00. The molecule has 0 aromatic rings. The normalized spacial score (nSPS) is 23.9. The first-order valence-electron chi connectivity index (χ1n) is 5.40. The molecule has 2 aliphatic rings. The Bertz CT molecular complexity index is 287. The van der Waals surface area contributed by atoms with E-state index in [1.165, 1.54) is 4.90 Å². The average Bonchev–Trinajstić information content (AvgIpc) is 2.75. The monoisotopic (exact) mass is 274 g/mol. The summed E-state index contributed by atoms with van der Waals surface area (Å²) in [6, 6.07) is -0.206. The second-order valence-corrected chi connectivity index (χ2v) is 5.01. The quantitative estimate of drug-likeness (QED) is 0.628. The lowest BCUT2D eigenvalue weighted by molar-refractivity contribution is -0.131. The van der Waals surface area contributed by atoms with Gasteiger partial charge in [-0.15, -0.1) is 0 Å². The summed E-state index contributed by atoms with van der Waals surface area (Å²) in [7, 11) is 0. The standard InChI is InChI=1S/C10H15BrN2O2/c11-6-3-7-13-8(14)10(12-9(13)15)4-1-2-5-10/h1-7H2,(H,12,15). The summed E-state index contributed by atoms with van der Waals surface area (Å²) in [5.74, 6) is -0.00838. The van der Waals surface area contributed by atoms with Gasteiger partial charge in [-0.2, -0.15) is 0 Å². The van der Waals surface area contributed by atoms with E-state index >= 15 is 0 Å². The van der Waals surface area contributed by atoms with Crippen LogP contribution in [0.2, 0.25) is 0 Å². The molecule has 0 atom stereocenters. The molecule has 84 valence electrons. The Hall–Kier alpha value is -0.580. The van der Waals surface area contributed by atoms with Crippen molar-refractivity contribution >= 4 is 27.9 Å². The third-order valence-electron chi connectivity index (χ3n) is 3.22. The number of amides is 3. The van der Waals surface area contributed by atoms with E-state index in [1.54, 1.807) is 0 Å². The summed E-state index contributed by atoms with van der Waals surface area (Å²) in [6.07, 6.45) is 4.51. The van der Waals surface area contributed by atoms with Gasteiger partial charge in [0.25, 0.3) is 5.91 Å².